The van der Waals surface area contributed by atoms with Gasteiger partial charge in [0.2, 0.25) is 11.8 Å². The minimum absolute atomic E-state index is 0.0184. The van der Waals surface area contributed by atoms with Gasteiger partial charge in [0.05, 0.1) is 0 Å². The molecule has 0 bridgehead atoms. The van der Waals surface area contributed by atoms with Crippen LogP contribution in [0.4, 0.5) is 0 Å². The number of ether oxygens (including phenoxy) is 1. The Balaban J connectivity index is 2.74. The zero-order valence-corrected chi connectivity index (χ0v) is 16.4. The number of hydroxylamine groups is 1. The lowest BCUT2D eigenvalue weighted by molar-refractivity contribution is -0.129. The number of nitrogens with one attached hydrogen (secondary N) is 3. The van der Waals surface area contributed by atoms with Crippen LogP contribution < -0.4 is 16.1 Å². The summed E-state index contributed by atoms with van der Waals surface area (Å²) in [5, 5.41) is 22.7. The summed E-state index contributed by atoms with van der Waals surface area (Å²) in [7, 11) is 1.55. The highest BCUT2D eigenvalue weighted by Crippen LogP contribution is 2.06. The van der Waals surface area contributed by atoms with Gasteiger partial charge < -0.3 is 20.5 Å². The third-order valence-electron chi connectivity index (χ3n) is 3.89. The van der Waals surface area contributed by atoms with E-state index in [9.17, 15) is 14.4 Å². The highest BCUT2D eigenvalue weighted by molar-refractivity contribution is 5.97. The maximum Gasteiger partial charge on any atom is 0.251 e. The summed E-state index contributed by atoms with van der Waals surface area (Å²) in [5.74, 6) is 4.13. The lowest BCUT2D eigenvalue weighted by Crippen LogP contribution is -2.47. The molecule has 1 aromatic rings. The molecule has 0 aliphatic heterocycles. The van der Waals surface area contributed by atoms with E-state index < -0.39 is 23.8 Å². The Kier molecular flexibility index (Phi) is 11.7. The molecule has 29 heavy (non-hydrogen) atoms. The molecule has 0 aliphatic rings. The number of aliphatic hydroxyl groups excluding tert-OH is 1. The molecule has 5 N–H and O–H groups in total. The van der Waals surface area contributed by atoms with Gasteiger partial charge in [0, 0.05) is 37.8 Å². The van der Waals surface area contributed by atoms with Crippen LogP contribution in [0, 0.1) is 11.8 Å². The van der Waals surface area contributed by atoms with Crippen molar-refractivity contribution >= 4 is 17.7 Å². The third kappa shape index (κ3) is 9.71. The van der Waals surface area contributed by atoms with Gasteiger partial charge in [-0.2, -0.15) is 0 Å². The van der Waals surface area contributed by atoms with Crippen LogP contribution >= 0.6 is 0 Å². The Hall–Kier alpha value is -2.93. The summed E-state index contributed by atoms with van der Waals surface area (Å²) in [5.41, 5.74) is 2.56. The smallest absolute Gasteiger partial charge is 0.251 e. The largest absolute Gasteiger partial charge is 0.396 e. The molecule has 3 amide bonds. The Bertz CT molecular complexity index is 724. The molecule has 9 heteroatoms. The number of hydrogen-bond donors (Lipinski definition) is 5. The summed E-state index contributed by atoms with van der Waals surface area (Å²) >= 11 is 0. The van der Waals surface area contributed by atoms with Crippen LogP contribution in [0.1, 0.15) is 41.6 Å². The van der Waals surface area contributed by atoms with Crippen molar-refractivity contribution in [3.63, 3.8) is 0 Å². The van der Waals surface area contributed by atoms with Gasteiger partial charge in [-0.3, -0.25) is 19.6 Å². The van der Waals surface area contributed by atoms with E-state index in [2.05, 4.69) is 22.5 Å². The molecule has 0 spiro atoms. The number of hydrogen-bond acceptors (Lipinski definition) is 6. The second-order valence-corrected chi connectivity index (χ2v) is 6.13. The average Bonchev–Trinajstić information content (AvgIpc) is 2.74. The van der Waals surface area contributed by atoms with Gasteiger partial charge in [-0.1, -0.05) is 11.8 Å². The molecule has 158 valence electrons. The first-order valence-electron chi connectivity index (χ1n) is 9.22. The van der Waals surface area contributed by atoms with Crippen LogP contribution in [-0.4, -0.2) is 60.9 Å². The third-order valence-corrected chi connectivity index (χ3v) is 3.89. The lowest BCUT2D eigenvalue weighted by Gasteiger charge is -2.18. The van der Waals surface area contributed by atoms with Gasteiger partial charge in [0.15, 0.2) is 0 Å². The number of benzene rings is 1. The van der Waals surface area contributed by atoms with Crippen molar-refractivity contribution in [2.75, 3.05) is 26.9 Å². The van der Waals surface area contributed by atoms with E-state index in [0.717, 1.165) is 5.56 Å². The van der Waals surface area contributed by atoms with Crippen molar-refractivity contribution in [2.45, 2.75) is 31.7 Å². The predicted molar refractivity (Wildman–Crippen MR) is 105 cm³/mol. The molecule has 0 radical (unpaired) electrons. The Morgan fingerprint density at radius 2 is 1.90 bits per heavy atom. The molecule has 0 aromatic heterocycles. The van der Waals surface area contributed by atoms with Crippen LogP contribution in [0.3, 0.4) is 0 Å². The van der Waals surface area contributed by atoms with E-state index in [1.54, 1.807) is 31.4 Å². The molecular weight excluding hydrogens is 378 g/mol. The quantitative estimate of drug-likeness (QED) is 0.152. The molecule has 0 saturated carbocycles. The minimum atomic E-state index is -0.949. The van der Waals surface area contributed by atoms with E-state index in [-0.39, 0.29) is 19.4 Å². The summed E-state index contributed by atoms with van der Waals surface area (Å²) in [6.45, 7) is 0.671. The number of carbonyl (C=O) groups excluding carboxylic acids is 3. The average molecular weight is 405 g/mol. The monoisotopic (exact) mass is 405 g/mol. The number of amides is 3. The molecule has 1 rings (SSSR count). The highest BCUT2D eigenvalue weighted by Gasteiger charge is 2.22. The van der Waals surface area contributed by atoms with Crippen LogP contribution in [0.25, 0.3) is 0 Å². The standard InChI is InChI=1S/C20H27N3O6/c1-29-14-4-5-15-6-8-16(9-7-15)19(26)22-17(10-11-18(25)23-28)20(27)21-12-2-3-13-24/h6-9,17,24,28H,2-3,10-14H2,1H3,(H,21,27)(H,22,26)(H,23,25). The summed E-state index contributed by atoms with van der Waals surface area (Å²) in [4.78, 5) is 36.1. The van der Waals surface area contributed by atoms with E-state index >= 15 is 0 Å². The van der Waals surface area contributed by atoms with Gasteiger partial charge in [-0.05, 0) is 43.5 Å². The van der Waals surface area contributed by atoms with Crippen molar-refractivity contribution in [2.24, 2.45) is 0 Å². The fourth-order valence-electron chi connectivity index (χ4n) is 2.33. The molecule has 0 heterocycles. The SMILES string of the molecule is COCC#Cc1ccc(C(=O)NC(CCC(=O)NO)C(=O)NCCCCO)cc1. The zero-order valence-electron chi connectivity index (χ0n) is 16.4. The van der Waals surface area contributed by atoms with Crippen LogP contribution in [0.15, 0.2) is 24.3 Å². The Morgan fingerprint density at radius 1 is 1.17 bits per heavy atom. The zero-order chi connectivity index (χ0) is 21.5. The van der Waals surface area contributed by atoms with E-state index in [4.69, 9.17) is 15.1 Å². The molecule has 1 unspecified atom stereocenters. The summed E-state index contributed by atoms with van der Waals surface area (Å²) in [6, 6.07) is 5.59. The van der Waals surface area contributed by atoms with Crippen molar-refractivity contribution in [1.29, 1.82) is 0 Å². The first kappa shape index (κ1) is 24.1. The number of aliphatic hydroxyl groups is 1. The topological polar surface area (TPSA) is 137 Å². The van der Waals surface area contributed by atoms with Crippen molar-refractivity contribution < 1.29 is 29.4 Å². The number of rotatable bonds is 11. The number of methoxy groups -OCH3 is 1. The van der Waals surface area contributed by atoms with Crippen LogP contribution in [0.2, 0.25) is 0 Å². The van der Waals surface area contributed by atoms with Crippen LogP contribution in [-0.2, 0) is 14.3 Å². The predicted octanol–water partition coefficient (Wildman–Crippen LogP) is -0.0428. The first-order valence-corrected chi connectivity index (χ1v) is 9.22. The molecule has 0 fully saturated rings. The van der Waals surface area contributed by atoms with Crippen LogP contribution in [0.5, 0.6) is 0 Å². The number of carbonyl (C=O) groups is 3. The van der Waals surface area contributed by atoms with E-state index in [1.165, 1.54) is 5.48 Å². The lowest BCUT2D eigenvalue weighted by atomic mass is 10.1. The first-order chi connectivity index (χ1) is 14.0. The van der Waals surface area contributed by atoms with E-state index in [0.29, 0.717) is 31.6 Å². The van der Waals surface area contributed by atoms with Crippen molar-refractivity contribution in [3.8, 4) is 11.8 Å². The molecule has 0 aliphatic carbocycles. The maximum atomic E-state index is 12.5. The van der Waals surface area contributed by atoms with Gasteiger partial charge >= 0.3 is 0 Å². The second-order valence-electron chi connectivity index (χ2n) is 6.13. The van der Waals surface area contributed by atoms with Crippen molar-refractivity contribution in [3.05, 3.63) is 35.4 Å². The molecule has 0 saturated heterocycles. The molecule has 9 nitrogen and oxygen atoms in total. The van der Waals surface area contributed by atoms with Gasteiger partial charge in [0.1, 0.15) is 12.6 Å². The van der Waals surface area contributed by atoms with Gasteiger partial charge in [-0.25, -0.2) is 5.48 Å². The Morgan fingerprint density at radius 3 is 2.52 bits per heavy atom. The van der Waals surface area contributed by atoms with Gasteiger partial charge in [-0.15, -0.1) is 0 Å². The second kappa shape index (κ2) is 14.1. The summed E-state index contributed by atoms with van der Waals surface area (Å²) in [6.07, 6.45) is 1.01. The maximum absolute atomic E-state index is 12.5. The molecule has 1 aromatic carbocycles. The minimum Gasteiger partial charge on any atom is -0.396 e. The fraction of sp³-hybridized carbons (Fsp3) is 0.450. The Labute approximate surface area is 169 Å². The fourth-order valence-corrected chi connectivity index (χ4v) is 2.33. The summed E-state index contributed by atoms with van der Waals surface area (Å²) < 4.78 is 4.85. The molecular formula is C20H27N3O6. The van der Waals surface area contributed by atoms with Gasteiger partial charge in [0.25, 0.3) is 5.91 Å². The highest BCUT2D eigenvalue weighted by atomic mass is 16.5. The van der Waals surface area contributed by atoms with Crippen molar-refractivity contribution in [1.82, 2.24) is 16.1 Å². The van der Waals surface area contributed by atoms with E-state index in [1.807, 2.05) is 0 Å². The normalized spacial score (nSPS) is 11.0. The molecule has 1 atom stereocenters. The number of unbranched alkanes of at least 4 members (excludes halogenated alkanes) is 1.